The quantitative estimate of drug-likeness (QED) is 0.785. The van der Waals surface area contributed by atoms with E-state index in [0.717, 1.165) is 0 Å². The minimum atomic E-state index is -0.371. The number of carbonyl (C=O) groups is 1. The third-order valence-corrected chi connectivity index (χ3v) is 2.11. The van der Waals surface area contributed by atoms with Crippen LogP contribution in [0.4, 0.5) is 0 Å². The van der Waals surface area contributed by atoms with Crippen molar-refractivity contribution in [1.29, 1.82) is 5.26 Å². The Hall–Kier alpha value is -1.41. The number of pyridine rings is 1. The number of halogens is 1. The average Bonchev–Trinajstić information content (AvgIpc) is 2.21. The first kappa shape index (κ1) is 11.7. The van der Waals surface area contributed by atoms with E-state index in [2.05, 4.69) is 20.9 Å². The maximum Gasteiger partial charge on any atom is 0.311 e. The first-order chi connectivity index (χ1) is 7.17. The fourth-order valence-corrected chi connectivity index (χ4v) is 1.39. The summed E-state index contributed by atoms with van der Waals surface area (Å²) in [4.78, 5) is 15.2. The second kappa shape index (κ2) is 5.47. The summed E-state index contributed by atoms with van der Waals surface area (Å²) in [5, 5.41) is 8.82. The molecule has 1 aromatic heterocycles. The smallest absolute Gasteiger partial charge is 0.311 e. The Kier molecular flexibility index (Phi) is 4.25. The van der Waals surface area contributed by atoms with Crippen LogP contribution in [-0.4, -0.2) is 17.6 Å². The second-order valence-electron chi connectivity index (χ2n) is 2.74. The van der Waals surface area contributed by atoms with Crippen molar-refractivity contribution in [3.05, 3.63) is 28.0 Å². The molecule has 0 aliphatic rings. The molecule has 4 nitrogen and oxygen atoms in total. The Balaban J connectivity index is 2.86. The largest absolute Gasteiger partial charge is 0.466 e. The van der Waals surface area contributed by atoms with Gasteiger partial charge in [-0.05, 0) is 28.9 Å². The molecule has 0 unspecified atom stereocenters. The Bertz CT molecular complexity index is 412. The van der Waals surface area contributed by atoms with E-state index < -0.39 is 0 Å². The molecule has 0 radical (unpaired) electrons. The van der Waals surface area contributed by atoms with E-state index in [0.29, 0.717) is 22.3 Å². The molecule has 0 aliphatic carbocycles. The van der Waals surface area contributed by atoms with Crippen LogP contribution < -0.4 is 0 Å². The molecular formula is C10H9BrN2O2. The summed E-state index contributed by atoms with van der Waals surface area (Å²) in [5.41, 5.74) is 0.830. The molecule has 1 aromatic rings. The molecule has 5 heteroatoms. The fraction of sp³-hybridized carbons (Fsp3) is 0.300. The van der Waals surface area contributed by atoms with Crippen LogP contribution in [-0.2, 0) is 16.0 Å². The van der Waals surface area contributed by atoms with Crippen molar-refractivity contribution >= 4 is 21.9 Å². The van der Waals surface area contributed by atoms with Gasteiger partial charge in [0.25, 0.3) is 0 Å². The predicted octanol–water partition coefficient (Wildman–Crippen LogP) is 1.82. The van der Waals surface area contributed by atoms with Gasteiger partial charge >= 0.3 is 5.97 Å². The van der Waals surface area contributed by atoms with Crippen molar-refractivity contribution in [3.63, 3.8) is 0 Å². The molecule has 0 saturated heterocycles. The van der Waals surface area contributed by atoms with E-state index in [1.165, 1.54) is 0 Å². The standard InChI is InChI=1S/C10H9BrN2O2/c1-2-15-10(14)4-9-7(5-12)3-8(11)6-13-9/h3,6H,2,4H2,1H3. The highest BCUT2D eigenvalue weighted by atomic mass is 79.9. The normalized spacial score (nSPS) is 9.40. The average molecular weight is 269 g/mol. The molecule has 0 amide bonds. The highest BCUT2D eigenvalue weighted by Crippen LogP contribution is 2.13. The van der Waals surface area contributed by atoms with Crippen molar-refractivity contribution in [1.82, 2.24) is 4.98 Å². The Morgan fingerprint density at radius 3 is 3.07 bits per heavy atom. The van der Waals surface area contributed by atoms with E-state index in [9.17, 15) is 4.79 Å². The van der Waals surface area contributed by atoms with Gasteiger partial charge in [-0.3, -0.25) is 9.78 Å². The lowest BCUT2D eigenvalue weighted by Gasteiger charge is -2.03. The molecule has 0 aliphatic heterocycles. The fourth-order valence-electron chi connectivity index (χ4n) is 1.05. The lowest BCUT2D eigenvalue weighted by molar-refractivity contribution is -0.142. The molecule has 0 N–H and O–H groups in total. The minimum absolute atomic E-state index is 0.0318. The summed E-state index contributed by atoms with van der Waals surface area (Å²) >= 11 is 3.20. The van der Waals surface area contributed by atoms with Gasteiger partial charge in [-0.1, -0.05) is 0 Å². The Morgan fingerprint density at radius 2 is 2.47 bits per heavy atom. The molecule has 0 fully saturated rings. The summed E-state index contributed by atoms with van der Waals surface area (Å²) < 4.78 is 5.49. The summed E-state index contributed by atoms with van der Waals surface area (Å²) in [5.74, 6) is -0.371. The van der Waals surface area contributed by atoms with Crippen molar-refractivity contribution in [2.24, 2.45) is 0 Å². The number of hydrogen-bond acceptors (Lipinski definition) is 4. The zero-order chi connectivity index (χ0) is 11.3. The summed E-state index contributed by atoms with van der Waals surface area (Å²) in [6.07, 6.45) is 1.58. The molecule has 1 rings (SSSR count). The highest BCUT2D eigenvalue weighted by molar-refractivity contribution is 9.10. The molecule has 0 saturated carbocycles. The molecule has 0 spiro atoms. The number of ether oxygens (including phenoxy) is 1. The van der Waals surface area contributed by atoms with Gasteiger partial charge in [0.15, 0.2) is 0 Å². The van der Waals surface area contributed by atoms with Crippen molar-refractivity contribution in [2.45, 2.75) is 13.3 Å². The molecule has 1 heterocycles. The van der Waals surface area contributed by atoms with Gasteiger partial charge in [0.1, 0.15) is 6.07 Å². The van der Waals surface area contributed by atoms with Crippen LogP contribution in [0.3, 0.4) is 0 Å². The first-order valence-electron chi connectivity index (χ1n) is 4.37. The molecule has 78 valence electrons. The number of rotatable bonds is 3. The van der Waals surface area contributed by atoms with Crippen LogP contribution in [0.5, 0.6) is 0 Å². The van der Waals surface area contributed by atoms with Gasteiger partial charge in [-0.15, -0.1) is 0 Å². The summed E-state index contributed by atoms with van der Waals surface area (Å²) in [7, 11) is 0. The van der Waals surface area contributed by atoms with Crippen LogP contribution in [0.1, 0.15) is 18.2 Å². The number of hydrogen-bond donors (Lipinski definition) is 0. The number of esters is 1. The molecule has 0 bridgehead atoms. The first-order valence-corrected chi connectivity index (χ1v) is 5.16. The van der Waals surface area contributed by atoms with Crippen LogP contribution in [0.15, 0.2) is 16.7 Å². The van der Waals surface area contributed by atoms with Gasteiger partial charge in [-0.25, -0.2) is 0 Å². The second-order valence-corrected chi connectivity index (χ2v) is 3.66. The molecule has 15 heavy (non-hydrogen) atoms. The van der Waals surface area contributed by atoms with Gasteiger partial charge in [0, 0.05) is 10.7 Å². The Morgan fingerprint density at radius 1 is 1.73 bits per heavy atom. The van der Waals surface area contributed by atoms with E-state index >= 15 is 0 Å². The van der Waals surface area contributed by atoms with Gasteiger partial charge in [0.05, 0.1) is 24.3 Å². The summed E-state index contributed by atoms with van der Waals surface area (Å²) in [6, 6.07) is 3.61. The van der Waals surface area contributed by atoms with Crippen LogP contribution in [0.25, 0.3) is 0 Å². The third kappa shape index (κ3) is 3.33. The van der Waals surface area contributed by atoms with Gasteiger partial charge in [0.2, 0.25) is 0 Å². The van der Waals surface area contributed by atoms with E-state index in [1.807, 2.05) is 6.07 Å². The molecular weight excluding hydrogens is 260 g/mol. The van der Waals surface area contributed by atoms with Crippen molar-refractivity contribution in [2.75, 3.05) is 6.61 Å². The zero-order valence-corrected chi connectivity index (χ0v) is 9.74. The van der Waals surface area contributed by atoms with E-state index in [1.54, 1.807) is 19.2 Å². The van der Waals surface area contributed by atoms with Crippen LogP contribution in [0, 0.1) is 11.3 Å². The van der Waals surface area contributed by atoms with Crippen molar-refractivity contribution in [3.8, 4) is 6.07 Å². The number of nitrogens with zero attached hydrogens (tertiary/aromatic N) is 2. The van der Waals surface area contributed by atoms with Gasteiger partial charge < -0.3 is 4.74 Å². The SMILES string of the molecule is CCOC(=O)Cc1ncc(Br)cc1C#N. The Labute approximate surface area is 96.0 Å². The van der Waals surface area contributed by atoms with Crippen molar-refractivity contribution < 1.29 is 9.53 Å². The molecule has 0 aromatic carbocycles. The van der Waals surface area contributed by atoms with Crippen LogP contribution in [0.2, 0.25) is 0 Å². The maximum absolute atomic E-state index is 11.2. The minimum Gasteiger partial charge on any atom is -0.466 e. The zero-order valence-electron chi connectivity index (χ0n) is 8.16. The van der Waals surface area contributed by atoms with E-state index in [-0.39, 0.29) is 12.4 Å². The van der Waals surface area contributed by atoms with E-state index in [4.69, 9.17) is 10.00 Å². The number of nitriles is 1. The lowest BCUT2D eigenvalue weighted by atomic mass is 10.1. The third-order valence-electron chi connectivity index (χ3n) is 1.67. The number of carbonyl (C=O) groups excluding carboxylic acids is 1. The highest BCUT2D eigenvalue weighted by Gasteiger charge is 2.10. The predicted molar refractivity (Wildman–Crippen MR) is 57.0 cm³/mol. The number of aromatic nitrogens is 1. The monoisotopic (exact) mass is 268 g/mol. The maximum atomic E-state index is 11.2. The summed E-state index contributed by atoms with van der Waals surface area (Å²) in [6.45, 7) is 2.06. The lowest BCUT2D eigenvalue weighted by Crippen LogP contribution is -2.10. The van der Waals surface area contributed by atoms with Crippen LogP contribution >= 0.6 is 15.9 Å². The van der Waals surface area contributed by atoms with Gasteiger partial charge in [-0.2, -0.15) is 5.26 Å². The molecule has 0 atom stereocenters. The topological polar surface area (TPSA) is 63.0 Å².